The molecular formula is C18H24N4O2. The second kappa shape index (κ2) is 7.97. The van der Waals surface area contributed by atoms with E-state index in [-0.39, 0.29) is 11.9 Å². The van der Waals surface area contributed by atoms with Crippen molar-refractivity contribution in [2.45, 2.75) is 32.2 Å². The summed E-state index contributed by atoms with van der Waals surface area (Å²) in [7, 11) is 0. The van der Waals surface area contributed by atoms with Gasteiger partial charge in [-0.1, -0.05) is 25.1 Å². The van der Waals surface area contributed by atoms with Crippen LogP contribution in [0.5, 0.6) is 5.75 Å². The molecule has 6 nitrogen and oxygen atoms in total. The van der Waals surface area contributed by atoms with Gasteiger partial charge in [-0.15, -0.1) is 0 Å². The Morgan fingerprint density at radius 3 is 2.79 bits per heavy atom. The fraction of sp³-hybridized carbons (Fsp3) is 0.444. The van der Waals surface area contributed by atoms with Crippen molar-refractivity contribution in [2.24, 2.45) is 0 Å². The second-order valence-corrected chi connectivity index (χ2v) is 5.97. The molecule has 2 N–H and O–H groups in total. The van der Waals surface area contributed by atoms with E-state index in [4.69, 9.17) is 4.74 Å². The molecule has 1 saturated heterocycles. The first-order chi connectivity index (χ1) is 11.8. The predicted molar refractivity (Wildman–Crippen MR) is 92.7 cm³/mol. The third-order valence-corrected chi connectivity index (χ3v) is 4.05. The van der Waals surface area contributed by atoms with Crippen molar-refractivity contribution < 1.29 is 9.53 Å². The number of hydrogen-bond acceptors (Lipinski definition) is 4. The highest BCUT2D eigenvalue weighted by Crippen LogP contribution is 2.20. The maximum Gasteiger partial charge on any atom is 0.275 e. The summed E-state index contributed by atoms with van der Waals surface area (Å²) in [5.41, 5.74) is 1.26. The third-order valence-electron chi connectivity index (χ3n) is 4.05. The van der Waals surface area contributed by atoms with Crippen molar-refractivity contribution in [1.29, 1.82) is 0 Å². The molecule has 0 atom stereocenters. The fourth-order valence-corrected chi connectivity index (χ4v) is 2.77. The average Bonchev–Trinajstić information content (AvgIpc) is 3.06. The number of benzene rings is 1. The van der Waals surface area contributed by atoms with Crippen LogP contribution in [0.15, 0.2) is 36.5 Å². The lowest BCUT2D eigenvalue weighted by molar-refractivity contribution is 0.0920. The molecule has 24 heavy (non-hydrogen) atoms. The summed E-state index contributed by atoms with van der Waals surface area (Å²) in [5.74, 6) is 0.370. The molecule has 2 heterocycles. The number of para-hydroxylation sites is 1. The molecule has 128 valence electrons. The molecule has 0 aliphatic carbocycles. The monoisotopic (exact) mass is 328 g/mol. The van der Waals surface area contributed by atoms with Gasteiger partial charge in [-0.25, -0.2) is 4.68 Å². The van der Waals surface area contributed by atoms with Gasteiger partial charge in [0, 0.05) is 6.04 Å². The van der Waals surface area contributed by atoms with Crippen molar-refractivity contribution in [3.8, 4) is 11.4 Å². The highest BCUT2D eigenvalue weighted by atomic mass is 16.5. The number of carbonyl (C=O) groups excluding carboxylic acids is 1. The van der Waals surface area contributed by atoms with Crippen LogP contribution in [0.3, 0.4) is 0 Å². The number of rotatable bonds is 6. The Balaban J connectivity index is 1.81. The quantitative estimate of drug-likeness (QED) is 0.852. The molecule has 3 rings (SSSR count). The van der Waals surface area contributed by atoms with Gasteiger partial charge >= 0.3 is 0 Å². The van der Waals surface area contributed by atoms with Crippen LogP contribution < -0.4 is 15.4 Å². The maximum absolute atomic E-state index is 12.7. The van der Waals surface area contributed by atoms with Crippen LogP contribution in [-0.4, -0.2) is 41.4 Å². The van der Waals surface area contributed by atoms with Crippen LogP contribution in [-0.2, 0) is 0 Å². The third kappa shape index (κ3) is 3.94. The van der Waals surface area contributed by atoms with Gasteiger partial charge in [0.2, 0.25) is 0 Å². The van der Waals surface area contributed by atoms with Crippen molar-refractivity contribution in [3.05, 3.63) is 42.2 Å². The van der Waals surface area contributed by atoms with E-state index in [1.807, 2.05) is 37.3 Å². The van der Waals surface area contributed by atoms with Gasteiger partial charge in [0.05, 0.1) is 18.5 Å². The standard InChI is InChI=1S/C18H24N4O2/c1-2-12-24-16-13-22(15-6-4-3-5-7-15)21-17(16)18(23)20-14-8-10-19-11-9-14/h3-7,13-14,19H,2,8-12H2,1H3,(H,20,23). The zero-order chi connectivity index (χ0) is 16.8. The Morgan fingerprint density at radius 1 is 1.33 bits per heavy atom. The SMILES string of the molecule is CCCOc1cn(-c2ccccc2)nc1C(=O)NC1CCNCC1. The predicted octanol–water partition coefficient (Wildman–Crippen LogP) is 2.14. The molecule has 0 spiro atoms. The van der Waals surface area contributed by atoms with Crippen LogP contribution >= 0.6 is 0 Å². The second-order valence-electron chi connectivity index (χ2n) is 5.97. The van der Waals surface area contributed by atoms with E-state index in [2.05, 4.69) is 15.7 Å². The van der Waals surface area contributed by atoms with Gasteiger partial charge in [0.1, 0.15) is 0 Å². The summed E-state index contributed by atoms with van der Waals surface area (Å²) in [6.07, 6.45) is 4.54. The Morgan fingerprint density at radius 2 is 2.08 bits per heavy atom. The molecule has 1 fully saturated rings. The van der Waals surface area contributed by atoms with Gasteiger partial charge in [0.15, 0.2) is 11.4 Å². The van der Waals surface area contributed by atoms with Crippen LogP contribution in [0, 0.1) is 0 Å². The zero-order valence-corrected chi connectivity index (χ0v) is 14.0. The molecule has 1 amide bonds. The first kappa shape index (κ1) is 16.5. The zero-order valence-electron chi connectivity index (χ0n) is 14.0. The molecule has 1 aromatic heterocycles. The summed E-state index contributed by atoms with van der Waals surface area (Å²) in [6.45, 7) is 4.47. The van der Waals surface area contributed by atoms with Crippen LogP contribution in [0.2, 0.25) is 0 Å². The number of nitrogens with zero attached hydrogens (tertiary/aromatic N) is 2. The average molecular weight is 328 g/mol. The van der Waals surface area contributed by atoms with E-state index in [1.165, 1.54) is 0 Å². The summed E-state index contributed by atoms with van der Waals surface area (Å²) >= 11 is 0. The van der Waals surface area contributed by atoms with E-state index in [1.54, 1.807) is 10.9 Å². The minimum atomic E-state index is -0.164. The van der Waals surface area contributed by atoms with Gasteiger partial charge in [0.25, 0.3) is 5.91 Å². The van der Waals surface area contributed by atoms with Crippen LogP contribution in [0.1, 0.15) is 36.7 Å². The molecule has 1 aliphatic heterocycles. The lowest BCUT2D eigenvalue weighted by atomic mass is 10.1. The summed E-state index contributed by atoms with van der Waals surface area (Å²) in [5, 5.41) is 10.8. The fourth-order valence-electron chi connectivity index (χ4n) is 2.77. The smallest absolute Gasteiger partial charge is 0.275 e. The first-order valence-corrected chi connectivity index (χ1v) is 8.57. The van der Waals surface area contributed by atoms with E-state index in [0.717, 1.165) is 38.0 Å². The Hall–Kier alpha value is -2.34. The van der Waals surface area contributed by atoms with Crippen molar-refractivity contribution in [1.82, 2.24) is 20.4 Å². The summed E-state index contributed by atoms with van der Waals surface area (Å²) < 4.78 is 7.44. The topological polar surface area (TPSA) is 68.2 Å². The van der Waals surface area contributed by atoms with Crippen LogP contribution in [0.4, 0.5) is 0 Å². The van der Waals surface area contributed by atoms with Gasteiger partial charge in [-0.2, -0.15) is 5.10 Å². The molecule has 1 aliphatic rings. The molecular weight excluding hydrogens is 304 g/mol. The number of nitrogens with one attached hydrogen (secondary N) is 2. The Bertz CT molecular complexity index is 663. The Labute approximate surface area is 142 Å². The molecule has 1 aromatic carbocycles. The summed E-state index contributed by atoms with van der Waals surface area (Å²) in [4.78, 5) is 12.7. The number of ether oxygens (including phenoxy) is 1. The molecule has 0 radical (unpaired) electrons. The molecule has 0 bridgehead atoms. The van der Waals surface area contributed by atoms with Crippen molar-refractivity contribution in [3.63, 3.8) is 0 Å². The maximum atomic E-state index is 12.7. The number of hydrogen-bond donors (Lipinski definition) is 2. The molecule has 2 aromatic rings. The number of amides is 1. The van der Waals surface area contributed by atoms with Crippen molar-refractivity contribution >= 4 is 5.91 Å². The minimum Gasteiger partial charge on any atom is -0.489 e. The highest BCUT2D eigenvalue weighted by molar-refractivity contribution is 5.95. The van der Waals surface area contributed by atoms with E-state index < -0.39 is 0 Å². The van der Waals surface area contributed by atoms with Gasteiger partial charge in [-0.05, 0) is 44.5 Å². The lowest BCUT2D eigenvalue weighted by Gasteiger charge is -2.23. The van der Waals surface area contributed by atoms with Crippen molar-refractivity contribution in [2.75, 3.05) is 19.7 Å². The van der Waals surface area contributed by atoms with Gasteiger partial charge in [-0.3, -0.25) is 4.79 Å². The lowest BCUT2D eigenvalue weighted by Crippen LogP contribution is -2.42. The van der Waals surface area contributed by atoms with E-state index in [0.29, 0.717) is 18.1 Å². The highest BCUT2D eigenvalue weighted by Gasteiger charge is 2.22. The molecule has 0 saturated carbocycles. The first-order valence-electron chi connectivity index (χ1n) is 8.57. The molecule has 6 heteroatoms. The Kier molecular flexibility index (Phi) is 5.48. The summed E-state index contributed by atoms with van der Waals surface area (Å²) in [6, 6.07) is 9.93. The largest absolute Gasteiger partial charge is 0.489 e. The number of piperidine rings is 1. The van der Waals surface area contributed by atoms with Crippen LogP contribution in [0.25, 0.3) is 5.69 Å². The normalized spacial score (nSPS) is 15.2. The minimum absolute atomic E-state index is 0.164. The van der Waals surface area contributed by atoms with E-state index in [9.17, 15) is 4.79 Å². The number of carbonyl (C=O) groups is 1. The van der Waals surface area contributed by atoms with E-state index >= 15 is 0 Å². The number of aromatic nitrogens is 2. The van der Waals surface area contributed by atoms with Gasteiger partial charge < -0.3 is 15.4 Å². The molecule has 0 unspecified atom stereocenters.